The van der Waals surface area contributed by atoms with Crippen LogP contribution in [0.2, 0.25) is 0 Å². The molecule has 23 heavy (non-hydrogen) atoms. The molecule has 1 N–H and O–H groups in total. The molecule has 2 aromatic rings. The van der Waals surface area contributed by atoms with Gasteiger partial charge >= 0.3 is 0 Å². The Kier molecular flexibility index (Phi) is 4.16. The van der Waals surface area contributed by atoms with Crippen LogP contribution in [-0.2, 0) is 9.59 Å². The first-order chi connectivity index (χ1) is 11.1. The van der Waals surface area contributed by atoms with Gasteiger partial charge in [0.15, 0.2) is 5.92 Å². The van der Waals surface area contributed by atoms with Crippen LogP contribution in [0.1, 0.15) is 13.3 Å². The molecule has 8 heteroatoms. The van der Waals surface area contributed by atoms with Crippen molar-refractivity contribution in [2.75, 3.05) is 12.4 Å². The van der Waals surface area contributed by atoms with Gasteiger partial charge in [0.25, 0.3) is 5.91 Å². The number of nitrogens with zero attached hydrogens (tertiary/aromatic N) is 4. The van der Waals surface area contributed by atoms with E-state index in [2.05, 4.69) is 20.6 Å². The molecule has 2 amide bonds. The summed E-state index contributed by atoms with van der Waals surface area (Å²) in [7, 11) is 1.55. The quantitative estimate of drug-likeness (QED) is 0.869. The second-order valence-corrected chi connectivity index (χ2v) is 5.98. The molecule has 0 bridgehead atoms. The molecule has 1 unspecified atom stereocenters. The molecule has 0 spiro atoms. The van der Waals surface area contributed by atoms with Crippen molar-refractivity contribution < 1.29 is 9.59 Å². The Hall–Kier alpha value is -2.61. The summed E-state index contributed by atoms with van der Waals surface area (Å²) in [4.78, 5) is 24.4. The molecule has 1 atom stereocenters. The lowest BCUT2D eigenvalue weighted by atomic mass is 10.0. The predicted molar refractivity (Wildman–Crippen MR) is 88.0 cm³/mol. The fourth-order valence-electron chi connectivity index (χ4n) is 2.32. The molecule has 118 valence electrons. The third-order valence-corrected chi connectivity index (χ3v) is 4.37. The number of hydrogen-bond acceptors (Lipinski definition) is 6. The van der Waals surface area contributed by atoms with Crippen LogP contribution in [0, 0.1) is 5.92 Å². The van der Waals surface area contributed by atoms with Crippen LogP contribution < -0.4 is 5.32 Å². The van der Waals surface area contributed by atoms with Crippen molar-refractivity contribution in [3.63, 3.8) is 0 Å². The van der Waals surface area contributed by atoms with Gasteiger partial charge < -0.3 is 0 Å². The van der Waals surface area contributed by atoms with E-state index in [0.717, 1.165) is 5.56 Å². The third-order valence-electron chi connectivity index (χ3n) is 3.48. The molecule has 7 nitrogen and oxygen atoms in total. The molecule has 1 aliphatic heterocycles. The maximum Gasteiger partial charge on any atom is 0.260 e. The summed E-state index contributed by atoms with van der Waals surface area (Å²) in [6.07, 6.45) is 0.541. The fourth-order valence-corrected chi connectivity index (χ4v) is 3.07. The highest BCUT2D eigenvalue weighted by Crippen LogP contribution is 2.27. The van der Waals surface area contributed by atoms with E-state index in [1.54, 1.807) is 7.05 Å². The lowest BCUT2D eigenvalue weighted by molar-refractivity contribution is -0.134. The van der Waals surface area contributed by atoms with Crippen LogP contribution in [0.25, 0.3) is 10.6 Å². The highest BCUT2D eigenvalue weighted by atomic mass is 32.1. The molecule has 1 aromatic carbocycles. The Morgan fingerprint density at radius 3 is 2.74 bits per heavy atom. The molecule has 2 heterocycles. The molecule has 0 radical (unpaired) electrons. The van der Waals surface area contributed by atoms with E-state index in [1.807, 2.05) is 37.3 Å². The first-order valence-corrected chi connectivity index (χ1v) is 7.96. The van der Waals surface area contributed by atoms with Crippen molar-refractivity contribution >= 4 is 34.0 Å². The van der Waals surface area contributed by atoms with E-state index in [1.165, 1.54) is 16.3 Å². The smallest absolute Gasteiger partial charge is 0.260 e. The van der Waals surface area contributed by atoms with Gasteiger partial charge in [-0.15, -0.1) is 10.2 Å². The lowest BCUT2D eigenvalue weighted by Gasteiger charge is -2.09. The topological polar surface area (TPSA) is 87.5 Å². The maximum absolute atomic E-state index is 12.4. The average Bonchev–Trinajstić information content (AvgIpc) is 3.13. The summed E-state index contributed by atoms with van der Waals surface area (Å²) in [6, 6.07) is 9.58. The molecular weight excluding hydrogens is 314 g/mol. The number of anilines is 1. The minimum atomic E-state index is -0.880. The van der Waals surface area contributed by atoms with Crippen LogP contribution in [0.3, 0.4) is 0 Å². The Balaban J connectivity index is 1.75. The third kappa shape index (κ3) is 2.98. The minimum absolute atomic E-state index is 0.327. The molecule has 0 fully saturated rings. The van der Waals surface area contributed by atoms with Crippen LogP contribution in [0.15, 0.2) is 35.4 Å². The highest BCUT2D eigenvalue weighted by Gasteiger charge is 2.38. The van der Waals surface area contributed by atoms with E-state index >= 15 is 0 Å². The molecule has 0 saturated heterocycles. The van der Waals surface area contributed by atoms with Crippen molar-refractivity contribution in [1.29, 1.82) is 0 Å². The Morgan fingerprint density at radius 1 is 1.30 bits per heavy atom. The van der Waals surface area contributed by atoms with Crippen LogP contribution in [0.4, 0.5) is 5.13 Å². The van der Waals surface area contributed by atoms with Gasteiger partial charge in [0.2, 0.25) is 11.0 Å². The summed E-state index contributed by atoms with van der Waals surface area (Å²) in [6.45, 7) is 1.87. The first-order valence-electron chi connectivity index (χ1n) is 7.15. The Bertz CT molecular complexity index is 771. The Morgan fingerprint density at radius 2 is 2.04 bits per heavy atom. The van der Waals surface area contributed by atoms with Gasteiger partial charge in [-0.05, 0) is 6.42 Å². The van der Waals surface area contributed by atoms with Crippen LogP contribution >= 0.6 is 11.3 Å². The van der Waals surface area contributed by atoms with Crippen molar-refractivity contribution in [2.24, 2.45) is 11.0 Å². The zero-order chi connectivity index (χ0) is 16.4. The first kappa shape index (κ1) is 15.3. The fraction of sp³-hybridized carbons (Fsp3) is 0.267. The van der Waals surface area contributed by atoms with Crippen LogP contribution in [0.5, 0.6) is 0 Å². The minimum Gasteiger partial charge on any atom is -0.299 e. The predicted octanol–water partition coefficient (Wildman–Crippen LogP) is 2.00. The van der Waals surface area contributed by atoms with Crippen molar-refractivity contribution in [1.82, 2.24) is 15.2 Å². The van der Waals surface area contributed by atoms with Crippen molar-refractivity contribution in [3.8, 4) is 10.6 Å². The average molecular weight is 329 g/mol. The number of rotatable bonds is 4. The van der Waals surface area contributed by atoms with Gasteiger partial charge in [-0.3, -0.25) is 14.9 Å². The zero-order valence-corrected chi connectivity index (χ0v) is 13.5. The van der Waals surface area contributed by atoms with Crippen molar-refractivity contribution in [3.05, 3.63) is 30.3 Å². The molecular formula is C15H15N5O2S. The number of benzene rings is 1. The van der Waals surface area contributed by atoms with E-state index in [4.69, 9.17) is 0 Å². The maximum atomic E-state index is 12.4. The van der Waals surface area contributed by atoms with Crippen molar-refractivity contribution in [2.45, 2.75) is 13.3 Å². The zero-order valence-electron chi connectivity index (χ0n) is 12.7. The summed E-state index contributed by atoms with van der Waals surface area (Å²) < 4.78 is 0. The van der Waals surface area contributed by atoms with Gasteiger partial charge in [0.1, 0.15) is 5.01 Å². The Labute approximate surface area is 137 Å². The van der Waals surface area contributed by atoms with E-state index in [9.17, 15) is 9.59 Å². The molecule has 0 aliphatic carbocycles. The van der Waals surface area contributed by atoms with Gasteiger partial charge in [-0.1, -0.05) is 48.6 Å². The number of nitrogens with one attached hydrogen (secondary N) is 1. The standard InChI is InChI=1S/C15H15N5O2S/c1-3-10-11(14(22)20(2)19-10)12(21)16-15-18-17-13(23-15)9-7-5-4-6-8-9/h4-8,11H,3H2,1-2H3,(H,16,18,21). The second-order valence-electron chi connectivity index (χ2n) is 5.01. The lowest BCUT2D eigenvalue weighted by Crippen LogP contribution is -2.35. The number of carbonyl (C=O) groups is 2. The number of carbonyl (C=O) groups excluding carboxylic acids is 2. The van der Waals surface area contributed by atoms with Crippen LogP contribution in [-0.4, -0.2) is 39.8 Å². The monoisotopic (exact) mass is 329 g/mol. The number of hydrazone groups is 1. The summed E-state index contributed by atoms with van der Waals surface area (Å²) in [5.74, 6) is -1.63. The molecule has 1 aromatic heterocycles. The highest BCUT2D eigenvalue weighted by molar-refractivity contribution is 7.18. The molecule has 3 rings (SSSR count). The van der Waals surface area contributed by atoms with Gasteiger partial charge in [0.05, 0.1) is 5.71 Å². The van der Waals surface area contributed by atoms with Gasteiger partial charge in [0, 0.05) is 12.6 Å². The summed E-state index contributed by atoms with van der Waals surface area (Å²) in [5, 5.41) is 17.1. The van der Waals surface area contributed by atoms with Gasteiger partial charge in [-0.2, -0.15) is 5.10 Å². The SMILES string of the molecule is CCC1=NN(C)C(=O)C1C(=O)Nc1nnc(-c2ccccc2)s1. The van der Waals surface area contributed by atoms with Gasteiger partial charge in [-0.25, -0.2) is 5.01 Å². The largest absolute Gasteiger partial charge is 0.299 e. The number of aromatic nitrogens is 2. The number of hydrogen-bond donors (Lipinski definition) is 1. The van der Waals surface area contributed by atoms with E-state index in [0.29, 0.717) is 22.3 Å². The summed E-state index contributed by atoms with van der Waals surface area (Å²) >= 11 is 1.27. The second kappa shape index (κ2) is 6.25. The normalized spacial score (nSPS) is 17.3. The van der Waals surface area contributed by atoms with E-state index < -0.39 is 11.8 Å². The number of amides is 2. The molecule has 1 aliphatic rings. The summed E-state index contributed by atoms with van der Waals surface area (Å²) in [5.41, 5.74) is 1.49. The molecule has 0 saturated carbocycles. The van der Waals surface area contributed by atoms with E-state index in [-0.39, 0.29) is 5.91 Å².